The molecule has 0 fully saturated rings. The molecule has 26 rings (SSSR count). The molecule has 0 saturated heterocycles. The van der Waals surface area contributed by atoms with Gasteiger partial charge in [-0.25, -0.2) is 0 Å². The largest absolute Gasteiger partial charge is 0.310 e. The first-order valence-corrected chi connectivity index (χ1v) is 42.0. The Hall–Kier alpha value is -15.8. The van der Waals surface area contributed by atoms with Crippen LogP contribution in [0.15, 0.2) is 425 Å². The van der Waals surface area contributed by atoms with Crippen LogP contribution in [0.25, 0.3) is 110 Å². The minimum Gasteiger partial charge on any atom is -0.310 e. The molecule has 4 aromatic heterocycles. The van der Waals surface area contributed by atoms with E-state index in [1.165, 1.54) is 164 Å². The number of nitriles is 2. The lowest BCUT2D eigenvalue weighted by Crippen LogP contribution is -2.56. The highest BCUT2D eigenvalue weighted by atomic mass is 15.1. The average molecular weight is 1550 g/mol. The predicted molar refractivity (Wildman–Crippen MR) is 516 cm³/mol. The molecule has 11 heteroatoms. The minimum absolute atomic E-state index is 0.116. The molecule has 0 amide bonds. The predicted octanol–water partition coefficient (Wildman–Crippen LogP) is 18.0. The van der Waals surface area contributed by atoms with Crippen LogP contribution >= 0.6 is 0 Å². The zero-order valence-electron chi connectivity index (χ0n) is 66.9. The number of para-hydroxylation sites is 11. The molecule has 0 aliphatic carbocycles. The molecule has 4 aliphatic heterocycles. The van der Waals surface area contributed by atoms with Gasteiger partial charge in [-0.3, -0.25) is 0 Å². The van der Waals surface area contributed by atoms with Gasteiger partial charge in [-0.1, -0.05) is 356 Å². The first-order chi connectivity index (χ1) is 60.5. The summed E-state index contributed by atoms with van der Waals surface area (Å²) < 4.78 is 9.60. The Morgan fingerprint density at radius 3 is 1.10 bits per heavy atom. The Morgan fingerprint density at radius 2 is 0.590 bits per heavy atom. The van der Waals surface area contributed by atoms with Crippen molar-refractivity contribution >= 4 is 197 Å². The Bertz CT molecular complexity index is 7990. The molecule has 122 heavy (non-hydrogen) atoms. The van der Waals surface area contributed by atoms with Crippen LogP contribution < -0.4 is 70.5 Å². The van der Waals surface area contributed by atoms with Crippen molar-refractivity contribution in [2.45, 2.75) is 6.92 Å². The van der Waals surface area contributed by atoms with E-state index in [9.17, 15) is 10.5 Å². The fraction of sp³-hybridized carbons (Fsp3) is 0.00901. The van der Waals surface area contributed by atoms with Gasteiger partial charge in [0.05, 0.1) is 45.0 Å². The lowest BCUT2D eigenvalue weighted by Gasteiger charge is -2.27. The second-order valence-electron chi connectivity index (χ2n) is 32.3. The Labute approximate surface area is 708 Å². The second-order valence-corrected chi connectivity index (χ2v) is 32.3. The summed E-state index contributed by atoms with van der Waals surface area (Å²) in [5.74, 6) is 0. The number of aromatic nitrogens is 4. The second kappa shape index (κ2) is 29.4. The molecule has 0 unspecified atom stereocenters. The Balaban J connectivity index is 0.0000000956. The highest BCUT2D eigenvalue weighted by Gasteiger charge is 2.39. The van der Waals surface area contributed by atoms with E-state index in [1.807, 2.05) is 24.3 Å². The van der Waals surface area contributed by atoms with Crippen molar-refractivity contribution in [3.05, 3.63) is 441 Å². The molecule has 0 spiro atoms. The van der Waals surface area contributed by atoms with Crippen LogP contribution in [-0.2, 0) is 0 Å². The van der Waals surface area contributed by atoms with Crippen molar-refractivity contribution in [1.29, 1.82) is 10.5 Å². The molecule has 8 heterocycles. The normalized spacial score (nSPS) is 12.2. The molecule has 564 valence electrons. The van der Waals surface area contributed by atoms with Crippen molar-refractivity contribution in [2.24, 2.45) is 0 Å². The van der Waals surface area contributed by atoms with Crippen molar-refractivity contribution in [3.8, 4) is 34.9 Å². The van der Waals surface area contributed by atoms with Gasteiger partial charge in [0.15, 0.2) is 0 Å². The molecule has 22 aromatic rings. The monoisotopic (exact) mass is 1550 g/mol. The molecule has 0 saturated carbocycles. The van der Waals surface area contributed by atoms with Crippen molar-refractivity contribution in [2.75, 3.05) is 4.90 Å². The highest BCUT2D eigenvalue weighted by molar-refractivity contribution is 7.00. The molecule has 0 bridgehead atoms. The SMILES string of the molecule is Cc1cccc2c1c1cccc3c1n2-c1ccccc1B3c1ccccc1.N#Cc1ccc2c(c1)-n1c3ccccc3c3cccc(c31)B2c1ccccc1.N#Cc1cccc2c1-n1c3ccccc3c3cccc(c31)B2c1ccccc1.c1ccc(B2c3ccccc3-n3c4ccc(N(c5ccccc5)c5ccccc5)cc4c4cccc2c43)cc1. The molecular weight excluding hydrogens is 1470 g/mol. The number of anilines is 3. The summed E-state index contributed by atoms with van der Waals surface area (Å²) in [4.78, 5) is 2.34. The van der Waals surface area contributed by atoms with Gasteiger partial charge in [-0.05, 0) is 147 Å². The summed E-state index contributed by atoms with van der Waals surface area (Å²) >= 11 is 0. The number of hydrogen-bond acceptors (Lipinski definition) is 3. The van der Waals surface area contributed by atoms with Crippen LogP contribution in [0.3, 0.4) is 0 Å². The van der Waals surface area contributed by atoms with E-state index in [4.69, 9.17) is 0 Å². The summed E-state index contributed by atoms with van der Waals surface area (Å²) in [6.45, 7) is 2.96. The minimum atomic E-state index is 0.116. The molecule has 0 atom stereocenters. The third-order valence-electron chi connectivity index (χ3n) is 25.8. The third kappa shape index (κ3) is 11.2. The van der Waals surface area contributed by atoms with Crippen LogP contribution in [0.4, 0.5) is 17.1 Å². The summed E-state index contributed by atoms with van der Waals surface area (Å²) in [5.41, 5.74) is 36.6. The number of fused-ring (bicyclic) bond motifs is 20. The van der Waals surface area contributed by atoms with Crippen molar-refractivity contribution < 1.29 is 0 Å². The lowest BCUT2D eigenvalue weighted by atomic mass is 9.35. The van der Waals surface area contributed by atoms with E-state index in [0.717, 1.165) is 39.5 Å². The topological polar surface area (TPSA) is 70.5 Å². The standard InChI is InChI=1S/C36H25BN2.2C25H15BN2.C25H18BN/c1-4-13-26(14-5-1)37-32-20-10-11-22-35(32)39-34-24-23-29(25-31(34)30-19-12-21-33(37)36(30)39)38(27-15-6-2-7-16-27)28-17-8-3-9-18-28;27-16-17-8-6-13-21-24(17)28-23-15-5-4-11-19(23)20-12-7-14-22(25(20)28)26(21)18-9-2-1-3-10-18;27-16-17-13-14-21-24(15-17)28-23-12-5-4-9-19(23)20-10-6-11-22(25(20)28)26(21)18-7-2-1-3-8-18;1-17-9-7-16-23-24(17)19-12-8-14-21-25(19)27(23)22-15-6-5-13-20(22)26(21)18-10-3-2-4-11-18/h1-25H;2*1-15H;2-16H,1H3. The van der Waals surface area contributed by atoms with E-state index >= 15 is 0 Å². The zero-order valence-corrected chi connectivity index (χ0v) is 66.9. The smallest absolute Gasteiger partial charge is 0.246 e. The van der Waals surface area contributed by atoms with Gasteiger partial charge in [0.1, 0.15) is 6.07 Å². The molecule has 0 radical (unpaired) electrons. The molecular formula is C111H73B4N7. The highest BCUT2D eigenvalue weighted by Crippen LogP contribution is 2.42. The first kappa shape index (κ1) is 71.5. The number of hydrogen-bond donors (Lipinski definition) is 0. The van der Waals surface area contributed by atoms with Crippen LogP contribution in [0.5, 0.6) is 0 Å². The van der Waals surface area contributed by atoms with E-state index in [-0.39, 0.29) is 26.9 Å². The fourth-order valence-corrected chi connectivity index (χ4v) is 20.9. The number of nitrogens with zero attached hydrogens (tertiary/aromatic N) is 7. The van der Waals surface area contributed by atoms with Crippen molar-refractivity contribution in [3.63, 3.8) is 0 Å². The van der Waals surface area contributed by atoms with Crippen LogP contribution in [0.2, 0.25) is 0 Å². The van der Waals surface area contributed by atoms with Gasteiger partial charge < -0.3 is 23.2 Å². The van der Waals surface area contributed by atoms with E-state index in [0.29, 0.717) is 5.56 Å². The van der Waals surface area contributed by atoms with Gasteiger partial charge in [0, 0.05) is 99.3 Å². The maximum atomic E-state index is 9.90. The van der Waals surface area contributed by atoms with Gasteiger partial charge in [-0.2, -0.15) is 10.5 Å². The average Bonchev–Trinajstić information content (AvgIpc) is 1.55. The quantitative estimate of drug-likeness (QED) is 0.149. The summed E-state index contributed by atoms with van der Waals surface area (Å²) in [5, 5.41) is 29.7. The van der Waals surface area contributed by atoms with Crippen molar-refractivity contribution in [1.82, 2.24) is 18.3 Å². The van der Waals surface area contributed by atoms with E-state index < -0.39 is 0 Å². The van der Waals surface area contributed by atoms with Gasteiger partial charge in [0.25, 0.3) is 0 Å². The first-order valence-electron chi connectivity index (χ1n) is 42.0. The number of benzene rings is 18. The van der Waals surface area contributed by atoms with E-state index in [2.05, 4.69) is 443 Å². The molecule has 7 nitrogen and oxygen atoms in total. The Morgan fingerprint density at radius 1 is 0.238 bits per heavy atom. The maximum Gasteiger partial charge on any atom is 0.246 e. The van der Waals surface area contributed by atoms with Gasteiger partial charge >= 0.3 is 0 Å². The summed E-state index contributed by atoms with van der Waals surface area (Å²) in [6, 6.07) is 156. The Kier molecular flexibility index (Phi) is 17.2. The number of aryl methyl sites for hydroxylation is 1. The zero-order chi connectivity index (χ0) is 81.0. The van der Waals surface area contributed by atoms with Crippen LogP contribution in [0.1, 0.15) is 16.7 Å². The molecule has 4 aliphatic rings. The summed E-state index contributed by atoms with van der Waals surface area (Å²) in [6.07, 6.45) is 0. The van der Waals surface area contributed by atoms with Gasteiger partial charge in [0.2, 0.25) is 26.9 Å². The fourth-order valence-electron chi connectivity index (χ4n) is 20.9. The lowest BCUT2D eigenvalue weighted by molar-refractivity contribution is 1.18. The van der Waals surface area contributed by atoms with Crippen LogP contribution in [-0.4, -0.2) is 45.1 Å². The third-order valence-corrected chi connectivity index (χ3v) is 25.8. The van der Waals surface area contributed by atoms with Crippen LogP contribution in [0, 0.1) is 29.6 Å². The number of rotatable bonds is 7. The maximum absolute atomic E-state index is 9.90. The van der Waals surface area contributed by atoms with Gasteiger partial charge in [-0.15, -0.1) is 0 Å². The molecule has 18 aromatic carbocycles. The summed E-state index contributed by atoms with van der Waals surface area (Å²) in [7, 11) is 0. The van der Waals surface area contributed by atoms with E-state index in [1.54, 1.807) is 0 Å². The molecule has 0 N–H and O–H groups in total.